The number of aryl methyl sites for hydroxylation is 1. The average Bonchev–Trinajstić information content (AvgIpc) is 3.24. The molecular weight excluding hydrogens is 325 g/mol. The number of amides is 1. The third-order valence-electron chi connectivity index (χ3n) is 4.81. The van der Waals surface area contributed by atoms with Gasteiger partial charge >= 0.3 is 6.09 Å². The van der Waals surface area contributed by atoms with Crippen LogP contribution in [0.15, 0.2) is 24.4 Å². The van der Waals surface area contributed by atoms with E-state index in [0.717, 1.165) is 25.7 Å². The number of phenols is 1. The number of carbonyl (C=O) groups is 1. The van der Waals surface area contributed by atoms with Crippen LogP contribution in [-0.2, 0) is 18.4 Å². The molecule has 1 N–H and O–H groups in total. The maximum absolute atomic E-state index is 13.6. The van der Waals surface area contributed by atoms with Gasteiger partial charge in [0.2, 0.25) is 0 Å². The highest BCUT2D eigenvalue weighted by Crippen LogP contribution is 2.28. The molecule has 2 aromatic rings. The van der Waals surface area contributed by atoms with E-state index < -0.39 is 11.6 Å². The van der Waals surface area contributed by atoms with Crippen molar-refractivity contribution < 1.29 is 19.0 Å². The van der Waals surface area contributed by atoms with Crippen LogP contribution in [0.25, 0.3) is 11.1 Å². The molecule has 6 nitrogen and oxygen atoms in total. The minimum Gasteiger partial charge on any atom is -0.505 e. The summed E-state index contributed by atoms with van der Waals surface area (Å²) in [6.07, 6.45) is 5.53. The van der Waals surface area contributed by atoms with Crippen molar-refractivity contribution in [3.63, 3.8) is 0 Å². The van der Waals surface area contributed by atoms with Gasteiger partial charge in [-0.05, 0) is 30.5 Å². The van der Waals surface area contributed by atoms with Crippen molar-refractivity contribution in [3.05, 3.63) is 35.9 Å². The SMILES string of the molecule is CN(C(=O)OCc1c(-c2ccc(O)c(F)c2)cnn1C)C1CCCC1. The van der Waals surface area contributed by atoms with Gasteiger partial charge in [0, 0.05) is 25.7 Å². The van der Waals surface area contributed by atoms with Gasteiger partial charge in [-0.25, -0.2) is 9.18 Å². The first-order chi connectivity index (χ1) is 12.0. The lowest BCUT2D eigenvalue weighted by Crippen LogP contribution is -2.35. The molecule has 1 heterocycles. The molecule has 25 heavy (non-hydrogen) atoms. The molecule has 0 bridgehead atoms. The lowest BCUT2D eigenvalue weighted by Gasteiger charge is -2.23. The first-order valence-corrected chi connectivity index (χ1v) is 8.36. The third-order valence-corrected chi connectivity index (χ3v) is 4.81. The Labute approximate surface area is 145 Å². The number of rotatable bonds is 4. The molecule has 0 saturated heterocycles. The van der Waals surface area contributed by atoms with Crippen LogP contribution < -0.4 is 0 Å². The summed E-state index contributed by atoms with van der Waals surface area (Å²) >= 11 is 0. The van der Waals surface area contributed by atoms with Crippen molar-refractivity contribution in [2.45, 2.75) is 38.3 Å². The fourth-order valence-corrected chi connectivity index (χ4v) is 3.22. The van der Waals surface area contributed by atoms with E-state index in [2.05, 4.69) is 5.10 Å². The van der Waals surface area contributed by atoms with Gasteiger partial charge in [-0.3, -0.25) is 4.68 Å². The quantitative estimate of drug-likeness (QED) is 0.920. The summed E-state index contributed by atoms with van der Waals surface area (Å²) in [7, 11) is 3.50. The van der Waals surface area contributed by atoms with Crippen molar-refractivity contribution in [1.29, 1.82) is 0 Å². The molecule has 0 spiro atoms. The number of carbonyl (C=O) groups excluding carboxylic acids is 1. The second-order valence-electron chi connectivity index (χ2n) is 6.40. The van der Waals surface area contributed by atoms with Crippen LogP contribution in [0.2, 0.25) is 0 Å². The summed E-state index contributed by atoms with van der Waals surface area (Å²) in [5.41, 5.74) is 1.90. The molecule has 1 fully saturated rings. The molecule has 0 aliphatic heterocycles. The molecule has 7 heteroatoms. The number of nitrogens with zero attached hydrogens (tertiary/aromatic N) is 3. The largest absolute Gasteiger partial charge is 0.505 e. The van der Waals surface area contributed by atoms with Crippen LogP contribution in [0.3, 0.4) is 0 Å². The first kappa shape index (κ1) is 17.3. The summed E-state index contributed by atoms with van der Waals surface area (Å²) in [5, 5.41) is 13.5. The molecule has 1 aromatic heterocycles. The van der Waals surface area contributed by atoms with Crippen LogP contribution in [-0.4, -0.2) is 39.0 Å². The van der Waals surface area contributed by atoms with E-state index in [1.165, 1.54) is 12.1 Å². The van der Waals surface area contributed by atoms with Crippen LogP contribution >= 0.6 is 0 Å². The van der Waals surface area contributed by atoms with Gasteiger partial charge in [0.05, 0.1) is 11.9 Å². The standard InChI is InChI=1S/C18H22FN3O3/c1-21(13-5-3-4-6-13)18(24)25-11-16-14(10-20-22(16)2)12-7-8-17(23)15(19)9-12/h7-10,13,23H,3-6,11H2,1-2H3. The van der Waals surface area contributed by atoms with Crippen molar-refractivity contribution >= 4 is 6.09 Å². The molecule has 134 valence electrons. The second-order valence-corrected chi connectivity index (χ2v) is 6.40. The van der Waals surface area contributed by atoms with E-state index in [9.17, 15) is 14.3 Å². The Bertz CT molecular complexity index is 769. The minimum atomic E-state index is -0.703. The summed E-state index contributed by atoms with van der Waals surface area (Å²) in [4.78, 5) is 13.9. The molecule has 0 atom stereocenters. The summed E-state index contributed by atoms with van der Waals surface area (Å²) in [5.74, 6) is -1.11. The molecule has 1 aliphatic rings. The molecule has 1 saturated carbocycles. The van der Waals surface area contributed by atoms with E-state index in [0.29, 0.717) is 16.8 Å². The summed E-state index contributed by atoms with van der Waals surface area (Å²) in [6.45, 7) is 0.0459. The fraction of sp³-hybridized carbons (Fsp3) is 0.444. The molecule has 0 radical (unpaired) electrons. The van der Waals surface area contributed by atoms with Crippen LogP contribution in [0, 0.1) is 5.82 Å². The number of benzene rings is 1. The lowest BCUT2D eigenvalue weighted by atomic mass is 10.1. The minimum absolute atomic E-state index is 0.0459. The highest BCUT2D eigenvalue weighted by molar-refractivity contribution is 5.69. The topological polar surface area (TPSA) is 67.6 Å². The van der Waals surface area contributed by atoms with Gasteiger partial charge < -0.3 is 14.7 Å². The normalized spacial score (nSPS) is 14.7. The third kappa shape index (κ3) is 3.60. The zero-order valence-corrected chi connectivity index (χ0v) is 14.4. The number of hydrogen-bond acceptors (Lipinski definition) is 4. The van der Waals surface area contributed by atoms with Gasteiger partial charge in [0.15, 0.2) is 11.6 Å². The maximum atomic E-state index is 13.6. The van der Waals surface area contributed by atoms with Crippen LogP contribution in [0.5, 0.6) is 5.75 Å². The fourth-order valence-electron chi connectivity index (χ4n) is 3.22. The highest BCUT2D eigenvalue weighted by atomic mass is 19.1. The molecule has 0 unspecified atom stereocenters. The van der Waals surface area contributed by atoms with Gasteiger partial charge in [-0.1, -0.05) is 18.9 Å². The Balaban J connectivity index is 1.73. The number of hydrogen-bond donors (Lipinski definition) is 1. The first-order valence-electron chi connectivity index (χ1n) is 8.36. The Morgan fingerprint density at radius 2 is 2.16 bits per heavy atom. The Hall–Kier alpha value is -2.57. The molecular formula is C18H22FN3O3. The van der Waals surface area contributed by atoms with Gasteiger partial charge in [-0.2, -0.15) is 5.10 Å². The van der Waals surface area contributed by atoms with Crippen molar-refractivity contribution in [3.8, 4) is 16.9 Å². The molecule has 1 amide bonds. The van der Waals surface area contributed by atoms with Gasteiger partial charge in [-0.15, -0.1) is 0 Å². The van der Waals surface area contributed by atoms with E-state index >= 15 is 0 Å². The number of ether oxygens (including phenoxy) is 1. The lowest BCUT2D eigenvalue weighted by molar-refractivity contribution is 0.0899. The molecule has 1 aromatic carbocycles. The summed E-state index contributed by atoms with van der Waals surface area (Å²) in [6, 6.07) is 4.37. The highest BCUT2D eigenvalue weighted by Gasteiger charge is 2.25. The smallest absolute Gasteiger partial charge is 0.410 e. The van der Waals surface area contributed by atoms with Gasteiger partial charge in [0.25, 0.3) is 0 Å². The Morgan fingerprint density at radius 1 is 1.44 bits per heavy atom. The monoisotopic (exact) mass is 347 g/mol. The zero-order chi connectivity index (χ0) is 18.0. The van der Waals surface area contributed by atoms with Crippen molar-refractivity contribution in [2.24, 2.45) is 7.05 Å². The molecule has 1 aliphatic carbocycles. The van der Waals surface area contributed by atoms with Gasteiger partial charge in [0.1, 0.15) is 6.61 Å². The van der Waals surface area contributed by atoms with E-state index in [4.69, 9.17) is 4.74 Å². The van der Waals surface area contributed by atoms with E-state index in [1.54, 1.807) is 35.9 Å². The van der Waals surface area contributed by atoms with Crippen molar-refractivity contribution in [2.75, 3.05) is 7.05 Å². The average molecular weight is 347 g/mol. The number of halogens is 1. The zero-order valence-electron chi connectivity index (χ0n) is 14.4. The van der Waals surface area contributed by atoms with Crippen LogP contribution in [0.1, 0.15) is 31.4 Å². The Kier molecular flexibility index (Phi) is 4.92. The Morgan fingerprint density at radius 3 is 2.84 bits per heavy atom. The maximum Gasteiger partial charge on any atom is 0.410 e. The summed E-state index contributed by atoms with van der Waals surface area (Å²) < 4.78 is 20.7. The number of phenolic OH excluding ortho intramolecular Hbond substituents is 1. The second kappa shape index (κ2) is 7.13. The predicted octanol–water partition coefficient (Wildman–Crippen LogP) is 3.44. The number of aromatic nitrogens is 2. The van der Waals surface area contributed by atoms with E-state index in [1.807, 2.05) is 0 Å². The van der Waals surface area contributed by atoms with Crippen molar-refractivity contribution in [1.82, 2.24) is 14.7 Å². The number of aromatic hydroxyl groups is 1. The predicted molar refractivity (Wildman–Crippen MR) is 90.5 cm³/mol. The van der Waals surface area contributed by atoms with E-state index in [-0.39, 0.29) is 18.7 Å². The molecule has 3 rings (SSSR count). The van der Waals surface area contributed by atoms with Crippen LogP contribution in [0.4, 0.5) is 9.18 Å².